The fourth-order valence-electron chi connectivity index (χ4n) is 2.44. The third kappa shape index (κ3) is 8.41. The Morgan fingerprint density at radius 2 is 1.48 bits per heavy atom. The highest BCUT2D eigenvalue weighted by Crippen LogP contribution is 2.24. The van der Waals surface area contributed by atoms with Gasteiger partial charge in [0.25, 0.3) is 0 Å². The number of aliphatic hydroxyl groups is 1. The number of halogens is 1. The van der Waals surface area contributed by atoms with E-state index in [2.05, 4.69) is 25.8 Å². The number of anilines is 1. The lowest BCUT2D eigenvalue weighted by atomic mass is 10.1. The van der Waals surface area contributed by atoms with Gasteiger partial charge in [-0.05, 0) is 45.8 Å². The van der Waals surface area contributed by atoms with Crippen molar-refractivity contribution >= 4 is 21.6 Å². The normalized spacial score (nSPS) is 13.7. The fraction of sp³-hybridized carbons (Fsp3) is 0.500. The zero-order chi connectivity index (χ0) is 20.7. The number of aromatic nitrogens is 1. The van der Waals surface area contributed by atoms with Crippen molar-refractivity contribution in [1.29, 1.82) is 0 Å². The predicted octanol–water partition coefficient (Wildman–Crippen LogP) is 5.84. The van der Waals surface area contributed by atoms with Gasteiger partial charge in [-0.3, -0.25) is 0 Å². The van der Waals surface area contributed by atoms with E-state index >= 15 is 0 Å². The van der Waals surface area contributed by atoms with Gasteiger partial charge in [-0.1, -0.05) is 59.7 Å². The van der Waals surface area contributed by atoms with Crippen LogP contribution in [0.1, 0.15) is 58.9 Å². The van der Waals surface area contributed by atoms with E-state index < -0.39 is 6.10 Å². The standard InChI is InChI=1S/C16H17BrN2O2.3C2H6/c17-15-3-1-2-14(18-15)16(20)12-4-6-13(7-5-12)19-8-10-21-11-9-19;3*1-2/h1-7,16,20H,8-11H2;3*1-2H3. The molecule has 1 aliphatic rings. The first-order valence-corrected chi connectivity index (χ1v) is 10.8. The molecule has 0 aliphatic carbocycles. The quantitative estimate of drug-likeness (QED) is 0.611. The number of ether oxygens (including phenoxy) is 1. The molecule has 1 aromatic carbocycles. The minimum atomic E-state index is -0.707. The molecule has 2 heterocycles. The number of hydrogen-bond donors (Lipinski definition) is 1. The summed E-state index contributed by atoms with van der Waals surface area (Å²) >= 11 is 3.33. The van der Waals surface area contributed by atoms with Gasteiger partial charge in [0.2, 0.25) is 0 Å². The topological polar surface area (TPSA) is 45.6 Å². The number of benzene rings is 1. The third-order valence-corrected chi connectivity index (χ3v) is 4.04. The summed E-state index contributed by atoms with van der Waals surface area (Å²) in [4.78, 5) is 6.59. The van der Waals surface area contributed by atoms with Crippen molar-refractivity contribution in [3.8, 4) is 0 Å². The molecule has 3 rings (SSSR count). The Morgan fingerprint density at radius 3 is 2.00 bits per heavy atom. The molecule has 2 aromatic rings. The van der Waals surface area contributed by atoms with Crippen molar-refractivity contribution in [2.75, 3.05) is 31.2 Å². The Bertz CT molecular complexity index is 600. The monoisotopic (exact) mass is 438 g/mol. The molecule has 1 saturated heterocycles. The van der Waals surface area contributed by atoms with Crippen molar-refractivity contribution in [3.63, 3.8) is 0 Å². The van der Waals surface area contributed by atoms with Crippen LogP contribution in [-0.4, -0.2) is 36.4 Å². The summed E-state index contributed by atoms with van der Waals surface area (Å²) in [6, 6.07) is 13.5. The number of hydrogen-bond acceptors (Lipinski definition) is 4. The van der Waals surface area contributed by atoms with Crippen molar-refractivity contribution in [2.45, 2.75) is 47.6 Å². The fourth-order valence-corrected chi connectivity index (χ4v) is 2.79. The Balaban J connectivity index is 0.00000103. The van der Waals surface area contributed by atoms with Crippen LogP contribution < -0.4 is 4.90 Å². The Morgan fingerprint density at radius 1 is 0.926 bits per heavy atom. The van der Waals surface area contributed by atoms with Crippen LogP contribution >= 0.6 is 15.9 Å². The van der Waals surface area contributed by atoms with E-state index in [9.17, 15) is 5.11 Å². The van der Waals surface area contributed by atoms with Crippen molar-refractivity contribution in [3.05, 3.63) is 58.3 Å². The van der Waals surface area contributed by atoms with Gasteiger partial charge in [0, 0.05) is 18.8 Å². The number of morpholine rings is 1. The first-order valence-electron chi connectivity index (χ1n) is 9.97. The molecule has 1 atom stereocenters. The van der Waals surface area contributed by atoms with Crippen LogP contribution in [-0.2, 0) is 4.74 Å². The van der Waals surface area contributed by atoms with Gasteiger partial charge in [0.1, 0.15) is 10.7 Å². The Kier molecular flexibility index (Phi) is 14.8. The van der Waals surface area contributed by atoms with E-state index in [0.29, 0.717) is 5.69 Å². The lowest BCUT2D eigenvalue weighted by Gasteiger charge is -2.29. The van der Waals surface area contributed by atoms with Gasteiger partial charge in [-0.25, -0.2) is 4.98 Å². The summed E-state index contributed by atoms with van der Waals surface area (Å²) in [5, 5.41) is 10.4. The van der Waals surface area contributed by atoms with Crippen molar-refractivity contribution in [1.82, 2.24) is 4.98 Å². The zero-order valence-electron chi connectivity index (χ0n) is 17.6. The molecule has 152 valence electrons. The molecule has 1 fully saturated rings. The van der Waals surface area contributed by atoms with Crippen molar-refractivity contribution in [2.24, 2.45) is 0 Å². The average molecular weight is 439 g/mol. The first kappa shape index (κ1) is 25.6. The second-order valence-corrected chi connectivity index (χ2v) is 5.79. The van der Waals surface area contributed by atoms with Gasteiger partial charge in [-0.2, -0.15) is 0 Å². The predicted molar refractivity (Wildman–Crippen MR) is 120 cm³/mol. The van der Waals surface area contributed by atoms with Gasteiger partial charge >= 0.3 is 0 Å². The average Bonchev–Trinajstić information content (AvgIpc) is 2.78. The molecule has 0 spiro atoms. The molecular formula is C22H35BrN2O2. The van der Waals surface area contributed by atoms with E-state index in [4.69, 9.17) is 4.74 Å². The molecule has 1 unspecified atom stereocenters. The molecule has 1 N–H and O–H groups in total. The molecule has 1 aliphatic heterocycles. The van der Waals surface area contributed by atoms with Crippen LogP contribution in [0.2, 0.25) is 0 Å². The van der Waals surface area contributed by atoms with E-state index in [0.717, 1.165) is 42.2 Å². The van der Waals surface area contributed by atoms with Crippen LogP contribution in [0, 0.1) is 0 Å². The number of rotatable bonds is 3. The van der Waals surface area contributed by atoms with Crippen LogP contribution in [0.5, 0.6) is 0 Å². The van der Waals surface area contributed by atoms with Gasteiger partial charge < -0.3 is 14.7 Å². The van der Waals surface area contributed by atoms with Crippen LogP contribution in [0.25, 0.3) is 0 Å². The maximum atomic E-state index is 10.4. The molecule has 0 bridgehead atoms. The highest BCUT2D eigenvalue weighted by molar-refractivity contribution is 9.10. The minimum Gasteiger partial charge on any atom is -0.382 e. The van der Waals surface area contributed by atoms with Crippen LogP contribution in [0.4, 0.5) is 5.69 Å². The summed E-state index contributed by atoms with van der Waals surface area (Å²) in [6.07, 6.45) is -0.707. The second kappa shape index (κ2) is 15.6. The number of pyridine rings is 1. The van der Waals surface area contributed by atoms with E-state index in [1.54, 1.807) is 0 Å². The van der Waals surface area contributed by atoms with Gasteiger partial charge in [0.05, 0.1) is 18.9 Å². The molecule has 5 heteroatoms. The second-order valence-electron chi connectivity index (χ2n) is 4.98. The molecule has 0 radical (unpaired) electrons. The van der Waals surface area contributed by atoms with Gasteiger partial charge in [0.15, 0.2) is 0 Å². The molecule has 0 amide bonds. The Labute approximate surface area is 173 Å². The summed E-state index contributed by atoms with van der Waals surface area (Å²) in [6.45, 7) is 15.4. The molecule has 27 heavy (non-hydrogen) atoms. The summed E-state index contributed by atoms with van der Waals surface area (Å²) in [5.74, 6) is 0. The molecule has 1 aromatic heterocycles. The Hall–Kier alpha value is -1.43. The van der Waals surface area contributed by atoms with Gasteiger partial charge in [-0.15, -0.1) is 0 Å². The minimum absolute atomic E-state index is 0.642. The largest absolute Gasteiger partial charge is 0.382 e. The summed E-state index contributed by atoms with van der Waals surface area (Å²) in [7, 11) is 0. The maximum Gasteiger partial charge on any atom is 0.121 e. The molecule has 4 nitrogen and oxygen atoms in total. The van der Waals surface area contributed by atoms with E-state index in [1.165, 1.54) is 0 Å². The van der Waals surface area contributed by atoms with Crippen LogP contribution in [0.3, 0.4) is 0 Å². The summed E-state index contributed by atoms with van der Waals surface area (Å²) in [5.41, 5.74) is 2.65. The summed E-state index contributed by atoms with van der Waals surface area (Å²) < 4.78 is 6.08. The highest BCUT2D eigenvalue weighted by atomic mass is 79.9. The van der Waals surface area contributed by atoms with Crippen LogP contribution in [0.15, 0.2) is 47.1 Å². The smallest absolute Gasteiger partial charge is 0.121 e. The number of aliphatic hydroxyl groups excluding tert-OH is 1. The van der Waals surface area contributed by atoms with E-state index in [-0.39, 0.29) is 0 Å². The molecular weight excluding hydrogens is 404 g/mol. The zero-order valence-corrected chi connectivity index (χ0v) is 19.2. The van der Waals surface area contributed by atoms with E-state index in [1.807, 2.05) is 84.0 Å². The van der Waals surface area contributed by atoms with Crippen molar-refractivity contribution < 1.29 is 9.84 Å². The SMILES string of the molecule is CC.CC.CC.OC(c1ccc(N2CCOCC2)cc1)c1cccc(Br)n1. The maximum absolute atomic E-state index is 10.4. The lowest BCUT2D eigenvalue weighted by molar-refractivity contribution is 0.122. The highest BCUT2D eigenvalue weighted by Gasteiger charge is 2.14. The first-order chi connectivity index (χ1) is 13.2. The third-order valence-electron chi connectivity index (χ3n) is 3.60. The lowest BCUT2D eigenvalue weighted by Crippen LogP contribution is -2.36. The number of nitrogens with zero attached hydrogens (tertiary/aromatic N) is 2. The molecule has 0 saturated carbocycles.